The van der Waals surface area contributed by atoms with E-state index >= 15 is 0 Å². The normalized spacial score (nSPS) is 12.9. The summed E-state index contributed by atoms with van der Waals surface area (Å²) in [6.45, 7) is 0. The quantitative estimate of drug-likeness (QED) is 0.298. The maximum Gasteiger partial charge on any atom is 0.115 e. The summed E-state index contributed by atoms with van der Waals surface area (Å²) in [5, 5.41) is 39.0. The van der Waals surface area contributed by atoms with Crippen LogP contribution in [0.2, 0.25) is 0 Å². The number of hydrogen-bond donors (Lipinski definition) is 4. The third-order valence-electron chi connectivity index (χ3n) is 5.91. The molecule has 4 aromatic carbocycles. The number of hydrogen-bond acceptors (Lipinski definition) is 4. The summed E-state index contributed by atoms with van der Waals surface area (Å²) in [5.41, 5.74) is 4.37. The molecule has 162 valence electrons. The van der Waals surface area contributed by atoms with Gasteiger partial charge in [0.05, 0.1) is 0 Å². The number of aromatic hydroxyl groups is 4. The second-order valence-corrected chi connectivity index (χ2v) is 8.14. The van der Waals surface area contributed by atoms with E-state index in [-0.39, 0.29) is 34.8 Å². The van der Waals surface area contributed by atoms with Crippen LogP contribution < -0.4 is 0 Å². The average molecular weight is 427 g/mol. The van der Waals surface area contributed by atoms with Crippen molar-refractivity contribution in [3.63, 3.8) is 0 Å². The van der Waals surface area contributed by atoms with Gasteiger partial charge in [-0.25, -0.2) is 0 Å². The Labute approximate surface area is 187 Å². The fourth-order valence-electron chi connectivity index (χ4n) is 4.20. The molecule has 0 aliphatic carbocycles. The monoisotopic (exact) mass is 426 g/mol. The van der Waals surface area contributed by atoms with Gasteiger partial charge in [0.15, 0.2) is 0 Å². The zero-order valence-electron chi connectivity index (χ0n) is 17.6. The fraction of sp³-hybridized carbons (Fsp3) is 0.143. The third kappa shape index (κ3) is 5.22. The largest absolute Gasteiger partial charge is 0.508 e. The molecule has 0 bridgehead atoms. The average Bonchev–Trinajstić information content (AvgIpc) is 2.80. The molecule has 0 amide bonds. The van der Waals surface area contributed by atoms with E-state index in [9.17, 15) is 20.4 Å². The first-order valence-corrected chi connectivity index (χ1v) is 10.6. The molecular formula is C28H26O4. The summed E-state index contributed by atoms with van der Waals surface area (Å²) in [5.74, 6) is 1.04. The Morgan fingerprint density at radius 3 is 0.906 bits per heavy atom. The molecule has 0 aliphatic heterocycles. The van der Waals surface area contributed by atoms with Crippen LogP contribution in [0.4, 0.5) is 0 Å². The molecule has 0 spiro atoms. The minimum atomic E-state index is 0.0680. The van der Waals surface area contributed by atoms with Gasteiger partial charge >= 0.3 is 0 Å². The van der Waals surface area contributed by atoms with Crippen LogP contribution in [-0.4, -0.2) is 20.4 Å². The van der Waals surface area contributed by atoms with Crippen molar-refractivity contribution in [2.45, 2.75) is 24.7 Å². The van der Waals surface area contributed by atoms with Gasteiger partial charge in [0.25, 0.3) is 0 Å². The molecule has 0 saturated carbocycles. The topological polar surface area (TPSA) is 80.9 Å². The molecule has 32 heavy (non-hydrogen) atoms. The zero-order valence-corrected chi connectivity index (χ0v) is 17.6. The lowest BCUT2D eigenvalue weighted by Crippen LogP contribution is -2.17. The van der Waals surface area contributed by atoms with Crippen molar-refractivity contribution in [3.05, 3.63) is 119 Å². The number of phenols is 4. The lowest BCUT2D eigenvalue weighted by molar-refractivity contribution is 0.470. The van der Waals surface area contributed by atoms with Crippen LogP contribution in [0.3, 0.4) is 0 Å². The Balaban J connectivity index is 1.78. The molecule has 4 aromatic rings. The number of rotatable bonds is 7. The molecule has 4 heteroatoms. The predicted molar refractivity (Wildman–Crippen MR) is 125 cm³/mol. The predicted octanol–water partition coefficient (Wildman–Crippen LogP) is 5.86. The van der Waals surface area contributed by atoms with Crippen LogP contribution >= 0.6 is 0 Å². The first-order valence-electron chi connectivity index (χ1n) is 10.6. The number of phenolic OH excluding ortho intramolecular Hbond substituents is 4. The first-order chi connectivity index (χ1) is 15.5. The molecule has 4 nitrogen and oxygen atoms in total. The molecule has 2 unspecified atom stereocenters. The van der Waals surface area contributed by atoms with E-state index in [1.807, 2.05) is 48.5 Å². The van der Waals surface area contributed by atoms with Crippen LogP contribution in [0.15, 0.2) is 97.1 Å². The Morgan fingerprint density at radius 2 is 0.625 bits per heavy atom. The Kier molecular flexibility index (Phi) is 6.31. The molecule has 0 aromatic heterocycles. The number of benzene rings is 4. The van der Waals surface area contributed by atoms with E-state index in [2.05, 4.69) is 0 Å². The lowest BCUT2D eigenvalue weighted by Gasteiger charge is -2.29. The van der Waals surface area contributed by atoms with Gasteiger partial charge in [0.2, 0.25) is 0 Å². The molecule has 2 atom stereocenters. The highest BCUT2D eigenvalue weighted by molar-refractivity contribution is 5.38. The zero-order chi connectivity index (χ0) is 22.5. The van der Waals surface area contributed by atoms with Crippen LogP contribution in [0, 0.1) is 0 Å². The minimum absolute atomic E-state index is 0.0680. The highest BCUT2D eigenvalue weighted by Crippen LogP contribution is 2.39. The van der Waals surface area contributed by atoms with Gasteiger partial charge in [-0.1, -0.05) is 48.5 Å². The standard InChI is InChI=1S/C28H26O4/c29-23-9-1-19(2-10-23)17-27(21-5-13-25(31)14-6-21)28(22-7-15-26(32)16-8-22)18-20-3-11-24(30)12-4-20/h1-16,27-32H,17-18H2. The van der Waals surface area contributed by atoms with Gasteiger partial charge < -0.3 is 20.4 Å². The Hall–Kier alpha value is -3.92. The van der Waals surface area contributed by atoms with Crippen LogP contribution in [0.1, 0.15) is 34.1 Å². The van der Waals surface area contributed by atoms with Crippen LogP contribution in [0.5, 0.6) is 23.0 Å². The van der Waals surface area contributed by atoms with Gasteiger partial charge in [0, 0.05) is 0 Å². The summed E-state index contributed by atoms with van der Waals surface area (Å²) in [7, 11) is 0. The maximum absolute atomic E-state index is 9.83. The van der Waals surface area contributed by atoms with Gasteiger partial charge in [-0.05, 0) is 95.5 Å². The van der Waals surface area contributed by atoms with Crippen molar-refractivity contribution in [2.24, 2.45) is 0 Å². The van der Waals surface area contributed by atoms with Crippen molar-refractivity contribution in [1.82, 2.24) is 0 Å². The second-order valence-electron chi connectivity index (χ2n) is 8.14. The van der Waals surface area contributed by atoms with Gasteiger partial charge in [0.1, 0.15) is 23.0 Å². The van der Waals surface area contributed by atoms with Crippen molar-refractivity contribution < 1.29 is 20.4 Å². The van der Waals surface area contributed by atoms with Crippen molar-refractivity contribution in [3.8, 4) is 23.0 Å². The Morgan fingerprint density at radius 1 is 0.375 bits per heavy atom. The molecule has 0 heterocycles. The van der Waals surface area contributed by atoms with Gasteiger partial charge in [-0.3, -0.25) is 0 Å². The van der Waals surface area contributed by atoms with Gasteiger partial charge in [-0.2, -0.15) is 0 Å². The van der Waals surface area contributed by atoms with Crippen molar-refractivity contribution >= 4 is 0 Å². The molecular weight excluding hydrogens is 400 g/mol. The first kappa shape index (κ1) is 21.3. The molecule has 0 aliphatic rings. The second kappa shape index (κ2) is 9.48. The van der Waals surface area contributed by atoms with E-state index in [1.165, 1.54) is 0 Å². The summed E-state index contributed by atoms with van der Waals surface area (Å²) >= 11 is 0. The van der Waals surface area contributed by atoms with Gasteiger partial charge in [-0.15, -0.1) is 0 Å². The minimum Gasteiger partial charge on any atom is -0.508 e. The Bertz CT molecular complexity index is 1040. The fourth-order valence-corrected chi connectivity index (χ4v) is 4.20. The maximum atomic E-state index is 9.83. The smallest absolute Gasteiger partial charge is 0.115 e. The summed E-state index contributed by atoms with van der Waals surface area (Å²) < 4.78 is 0. The van der Waals surface area contributed by atoms with E-state index in [1.54, 1.807) is 48.5 Å². The molecule has 0 radical (unpaired) electrons. The highest BCUT2D eigenvalue weighted by atomic mass is 16.3. The van der Waals surface area contributed by atoms with Crippen molar-refractivity contribution in [1.29, 1.82) is 0 Å². The molecule has 0 saturated heterocycles. The van der Waals surface area contributed by atoms with E-state index < -0.39 is 0 Å². The van der Waals surface area contributed by atoms with Crippen LogP contribution in [-0.2, 0) is 12.8 Å². The summed E-state index contributed by atoms with van der Waals surface area (Å²) in [4.78, 5) is 0. The highest BCUT2D eigenvalue weighted by Gasteiger charge is 2.26. The molecule has 4 N–H and O–H groups in total. The lowest BCUT2D eigenvalue weighted by atomic mass is 9.75. The third-order valence-corrected chi connectivity index (χ3v) is 5.91. The van der Waals surface area contributed by atoms with E-state index in [0.717, 1.165) is 35.1 Å². The SMILES string of the molecule is Oc1ccc(CC(c2ccc(O)cc2)C(Cc2ccc(O)cc2)c2ccc(O)cc2)cc1. The van der Waals surface area contributed by atoms with E-state index in [4.69, 9.17) is 0 Å². The summed E-state index contributed by atoms with van der Waals surface area (Å²) in [6.07, 6.45) is 1.46. The van der Waals surface area contributed by atoms with E-state index in [0.29, 0.717) is 0 Å². The van der Waals surface area contributed by atoms with Crippen LogP contribution in [0.25, 0.3) is 0 Å². The van der Waals surface area contributed by atoms with Crippen molar-refractivity contribution in [2.75, 3.05) is 0 Å². The molecule has 0 fully saturated rings. The summed E-state index contributed by atoms with van der Waals surface area (Å²) in [6, 6.07) is 29.1. The molecule has 4 rings (SSSR count).